The van der Waals surface area contributed by atoms with Gasteiger partial charge < -0.3 is 16.4 Å². The van der Waals surface area contributed by atoms with E-state index in [-0.39, 0.29) is 0 Å². The van der Waals surface area contributed by atoms with Gasteiger partial charge in [0.1, 0.15) is 17.2 Å². The zero-order valence-electron chi connectivity index (χ0n) is 16.3. The molecule has 3 heterocycles. The van der Waals surface area contributed by atoms with Crippen LogP contribution in [0.5, 0.6) is 0 Å². The van der Waals surface area contributed by atoms with Crippen molar-refractivity contribution in [3.63, 3.8) is 0 Å². The van der Waals surface area contributed by atoms with E-state index in [1.165, 1.54) is 11.2 Å². The minimum absolute atomic E-state index is 0.320. The predicted molar refractivity (Wildman–Crippen MR) is 115 cm³/mol. The first-order valence-corrected chi connectivity index (χ1v) is 10.7. The Kier molecular flexibility index (Phi) is 5.68. The number of thioether (sulfide) groups is 1. The summed E-state index contributed by atoms with van der Waals surface area (Å²) in [6, 6.07) is 0.320. The molecular weight excluding hydrogens is 370 g/mol. The highest BCUT2D eigenvalue weighted by atomic mass is 32.2. The number of hydrogen-bond acceptors (Lipinski definition) is 7. The van der Waals surface area contributed by atoms with Crippen LogP contribution in [0.25, 0.3) is 11.0 Å². The molecule has 3 unspecified atom stereocenters. The Balaban J connectivity index is 1.58. The number of rotatable bonds is 8. The van der Waals surface area contributed by atoms with E-state index in [9.17, 15) is 0 Å². The number of hydrogen-bond donors (Lipinski definition) is 3. The van der Waals surface area contributed by atoms with Crippen LogP contribution in [0.15, 0.2) is 46.8 Å². The van der Waals surface area contributed by atoms with Crippen molar-refractivity contribution in [3.05, 3.63) is 41.7 Å². The maximum Gasteiger partial charge on any atom is 0.164 e. The molecule has 4 N–H and O–H groups in total. The molecule has 0 spiro atoms. The number of nitrogen functional groups attached to an aromatic ring is 1. The fraction of sp³-hybridized carbons (Fsp3) is 0.450. The van der Waals surface area contributed by atoms with Gasteiger partial charge in [-0.25, -0.2) is 14.6 Å². The smallest absolute Gasteiger partial charge is 0.164 e. The van der Waals surface area contributed by atoms with Gasteiger partial charge in [-0.2, -0.15) is 5.10 Å². The van der Waals surface area contributed by atoms with E-state index in [2.05, 4.69) is 65.0 Å². The lowest BCUT2D eigenvalue weighted by atomic mass is 9.98. The maximum absolute atomic E-state index is 6.22. The van der Waals surface area contributed by atoms with Gasteiger partial charge in [-0.15, -0.1) is 0 Å². The molecule has 0 saturated heterocycles. The first-order chi connectivity index (χ1) is 13.7. The molecule has 3 atom stereocenters. The van der Waals surface area contributed by atoms with Crippen molar-refractivity contribution in [2.24, 2.45) is 11.8 Å². The summed E-state index contributed by atoms with van der Waals surface area (Å²) in [5, 5.41) is 13.4. The van der Waals surface area contributed by atoms with Gasteiger partial charge in [-0.05, 0) is 25.4 Å². The molecule has 28 heavy (non-hydrogen) atoms. The Morgan fingerprint density at radius 1 is 1.32 bits per heavy atom. The van der Waals surface area contributed by atoms with Crippen LogP contribution in [-0.4, -0.2) is 38.9 Å². The van der Waals surface area contributed by atoms with Crippen LogP contribution < -0.4 is 16.4 Å². The number of allylic oxidation sites excluding steroid dienone is 2. The molecule has 0 radical (unpaired) electrons. The number of nitrogens with one attached hydrogen (secondary N) is 2. The second-order valence-electron chi connectivity index (χ2n) is 7.33. The fourth-order valence-corrected chi connectivity index (χ4v) is 4.78. The first kappa shape index (κ1) is 19.0. The Labute approximate surface area is 169 Å². The van der Waals surface area contributed by atoms with E-state index in [1.54, 1.807) is 11.8 Å². The largest absolute Gasteiger partial charge is 0.383 e. The molecule has 2 aromatic heterocycles. The lowest BCUT2D eigenvalue weighted by Gasteiger charge is -2.18. The Hall–Kier alpha value is -2.32. The molecule has 148 valence electrons. The van der Waals surface area contributed by atoms with Crippen molar-refractivity contribution < 1.29 is 0 Å². The third kappa shape index (κ3) is 3.79. The Morgan fingerprint density at radius 2 is 2.18 bits per heavy atom. The normalized spacial score (nSPS) is 21.6. The summed E-state index contributed by atoms with van der Waals surface area (Å²) in [6.45, 7) is 7.19. The molecule has 4 rings (SSSR count). The summed E-state index contributed by atoms with van der Waals surface area (Å²) < 4.78 is 1.99. The molecule has 0 aromatic carbocycles. The second-order valence-corrected chi connectivity index (χ2v) is 8.39. The average molecular weight is 398 g/mol. The maximum atomic E-state index is 6.22. The summed E-state index contributed by atoms with van der Waals surface area (Å²) in [4.78, 5) is 9.93. The van der Waals surface area contributed by atoms with Gasteiger partial charge in [0, 0.05) is 23.6 Å². The molecule has 0 bridgehead atoms. The van der Waals surface area contributed by atoms with Gasteiger partial charge in [0.05, 0.1) is 11.4 Å². The van der Waals surface area contributed by atoms with E-state index >= 15 is 0 Å². The molecule has 2 aliphatic rings. The molecular formula is C20H27N7S. The Morgan fingerprint density at radius 3 is 3.04 bits per heavy atom. The number of aromatic nitrogens is 4. The fourth-order valence-electron chi connectivity index (χ4n) is 3.63. The van der Waals surface area contributed by atoms with Crippen molar-refractivity contribution in [3.8, 4) is 0 Å². The van der Waals surface area contributed by atoms with E-state index in [0.29, 0.717) is 23.7 Å². The number of nitrogens with two attached hydrogens (primary N) is 1. The SMILES string of the molecule is CCNCCC(C)Cn1nc(SC2=CNC3C=CC=CC23)c2c(N)ncnc21. The summed E-state index contributed by atoms with van der Waals surface area (Å²) in [7, 11) is 0. The van der Waals surface area contributed by atoms with Crippen molar-refractivity contribution in [2.75, 3.05) is 18.8 Å². The third-order valence-electron chi connectivity index (χ3n) is 5.17. The molecule has 0 saturated carbocycles. The van der Waals surface area contributed by atoms with E-state index in [4.69, 9.17) is 10.8 Å². The second kappa shape index (κ2) is 8.36. The van der Waals surface area contributed by atoms with Gasteiger partial charge >= 0.3 is 0 Å². The minimum atomic E-state index is 0.320. The first-order valence-electron chi connectivity index (χ1n) is 9.84. The van der Waals surface area contributed by atoms with Gasteiger partial charge in [0.25, 0.3) is 0 Å². The van der Waals surface area contributed by atoms with Gasteiger partial charge in [0.2, 0.25) is 0 Å². The van der Waals surface area contributed by atoms with Crippen LogP contribution in [-0.2, 0) is 6.54 Å². The molecule has 2 aromatic rings. The Bertz CT molecular complexity index is 930. The van der Waals surface area contributed by atoms with Crippen molar-refractivity contribution in [2.45, 2.75) is 37.9 Å². The summed E-state index contributed by atoms with van der Waals surface area (Å²) >= 11 is 1.66. The van der Waals surface area contributed by atoms with Crippen LogP contribution >= 0.6 is 11.8 Å². The number of fused-ring (bicyclic) bond motifs is 2. The van der Waals surface area contributed by atoms with Crippen LogP contribution in [0.1, 0.15) is 20.3 Å². The van der Waals surface area contributed by atoms with Gasteiger partial charge in [-0.3, -0.25) is 0 Å². The van der Waals surface area contributed by atoms with Gasteiger partial charge in [-0.1, -0.05) is 49.9 Å². The monoisotopic (exact) mass is 397 g/mol. The number of nitrogens with zero attached hydrogens (tertiary/aromatic N) is 4. The molecule has 8 heteroatoms. The van der Waals surface area contributed by atoms with Crippen molar-refractivity contribution >= 4 is 28.6 Å². The van der Waals surface area contributed by atoms with Crippen LogP contribution in [0.2, 0.25) is 0 Å². The van der Waals surface area contributed by atoms with Crippen LogP contribution in [0.3, 0.4) is 0 Å². The minimum Gasteiger partial charge on any atom is -0.383 e. The molecule has 0 fully saturated rings. The lowest BCUT2D eigenvalue weighted by Crippen LogP contribution is -2.24. The quantitative estimate of drug-likeness (QED) is 0.590. The zero-order valence-corrected chi connectivity index (χ0v) is 17.1. The topological polar surface area (TPSA) is 93.7 Å². The van der Waals surface area contributed by atoms with Crippen LogP contribution in [0, 0.1) is 11.8 Å². The number of anilines is 1. The average Bonchev–Trinajstić information content (AvgIpc) is 3.25. The van der Waals surface area contributed by atoms with E-state index < -0.39 is 0 Å². The highest BCUT2D eigenvalue weighted by Gasteiger charge is 2.29. The summed E-state index contributed by atoms with van der Waals surface area (Å²) in [6.07, 6.45) is 13.3. The lowest BCUT2D eigenvalue weighted by molar-refractivity contribution is 0.417. The molecule has 0 amide bonds. The highest BCUT2D eigenvalue weighted by Crippen LogP contribution is 2.41. The molecule has 1 aliphatic carbocycles. The summed E-state index contributed by atoms with van der Waals surface area (Å²) in [5.74, 6) is 1.31. The summed E-state index contributed by atoms with van der Waals surface area (Å²) in [5.41, 5.74) is 7.03. The van der Waals surface area contributed by atoms with E-state index in [1.807, 2.05) is 4.68 Å². The standard InChI is InChI=1S/C20H27N7S/c1-3-22-9-8-13(2)11-27-19-17(18(21)24-12-25-19)20(26-27)28-16-10-23-15-7-5-4-6-14(15)16/h4-7,10,12-15,22-23H,3,8-9,11H2,1-2H3,(H2,21,24,25). The predicted octanol–water partition coefficient (Wildman–Crippen LogP) is 2.69. The van der Waals surface area contributed by atoms with Crippen LogP contribution in [0.4, 0.5) is 5.82 Å². The third-order valence-corrected chi connectivity index (χ3v) is 6.28. The van der Waals surface area contributed by atoms with E-state index in [0.717, 1.165) is 42.1 Å². The van der Waals surface area contributed by atoms with Gasteiger partial charge in [0.15, 0.2) is 5.65 Å². The van der Waals surface area contributed by atoms with Crippen molar-refractivity contribution in [1.82, 2.24) is 30.4 Å². The molecule has 7 nitrogen and oxygen atoms in total. The zero-order chi connectivity index (χ0) is 19.5. The highest BCUT2D eigenvalue weighted by molar-refractivity contribution is 8.03. The molecule has 1 aliphatic heterocycles. The van der Waals surface area contributed by atoms with Crippen molar-refractivity contribution in [1.29, 1.82) is 0 Å².